The van der Waals surface area contributed by atoms with E-state index in [-0.39, 0.29) is 29.4 Å². The van der Waals surface area contributed by atoms with Gasteiger partial charge in [-0.05, 0) is 18.2 Å². The summed E-state index contributed by atoms with van der Waals surface area (Å²) >= 11 is 0. The number of carbonyl (C=O) groups excluding carboxylic acids is 1. The summed E-state index contributed by atoms with van der Waals surface area (Å²) < 4.78 is 27.5. The normalized spacial score (nSPS) is 10.9. The first-order valence-electron chi connectivity index (χ1n) is 6.27. The van der Waals surface area contributed by atoms with Gasteiger partial charge in [0.1, 0.15) is 5.75 Å². The topological polar surface area (TPSA) is 110 Å². The van der Waals surface area contributed by atoms with Gasteiger partial charge in [-0.2, -0.15) is 0 Å². The van der Waals surface area contributed by atoms with Crippen LogP contribution >= 0.6 is 0 Å². The Bertz CT molecular complexity index is 611. The first-order chi connectivity index (χ1) is 9.84. The quantitative estimate of drug-likeness (QED) is 0.714. The van der Waals surface area contributed by atoms with Crippen LogP contribution in [0.25, 0.3) is 0 Å². The zero-order chi connectivity index (χ0) is 15.9. The molecule has 116 valence electrons. The van der Waals surface area contributed by atoms with Gasteiger partial charge in [-0.1, -0.05) is 13.0 Å². The van der Waals surface area contributed by atoms with E-state index in [4.69, 9.17) is 9.84 Å². The van der Waals surface area contributed by atoms with Gasteiger partial charge in [-0.3, -0.25) is 4.79 Å². The third kappa shape index (κ3) is 6.26. The molecule has 0 spiro atoms. The fourth-order valence-corrected chi connectivity index (χ4v) is 2.14. The van der Waals surface area contributed by atoms with Crippen LogP contribution in [0.2, 0.25) is 0 Å². The second kappa shape index (κ2) is 7.63. The molecule has 0 saturated carbocycles. The van der Waals surface area contributed by atoms with Crippen LogP contribution in [0.4, 0.5) is 0 Å². The molecule has 0 aliphatic heterocycles. The van der Waals surface area contributed by atoms with Crippen LogP contribution in [0.1, 0.15) is 17.3 Å². The van der Waals surface area contributed by atoms with Crippen molar-refractivity contribution in [2.45, 2.75) is 6.92 Å². The smallest absolute Gasteiger partial charge is 0.341 e. The standard InChI is InChI=1S/C13H17NO6S/c1-2-21(18,19)7-6-14-13(17)10-4-3-5-11(8-10)20-9-12(15)16/h3-5,8H,2,6-7,9H2,1H3,(H,14,17)(H,15,16). The predicted octanol–water partition coefficient (Wildman–Crippen LogP) is 0.314. The zero-order valence-corrected chi connectivity index (χ0v) is 12.4. The highest BCUT2D eigenvalue weighted by Crippen LogP contribution is 2.13. The second-order valence-corrected chi connectivity index (χ2v) is 6.68. The highest BCUT2D eigenvalue weighted by Gasteiger charge is 2.10. The van der Waals surface area contributed by atoms with E-state index in [1.165, 1.54) is 18.2 Å². The maximum atomic E-state index is 11.8. The first kappa shape index (κ1) is 17.0. The van der Waals surface area contributed by atoms with E-state index in [9.17, 15) is 18.0 Å². The molecule has 0 atom stereocenters. The molecule has 0 radical (unpaired) electrons. The molecule has 0 bridgehead atoms. The SMILES string of the molecule is CCS(=O)(=O)CCNC(=O)c1cccc(OCC(=O)O)c1. The lowest BCUT2D eigenvalue weighted by atomic mass is 10.2. The van der Waals surface area contributed by atoms with Crippen molar-refractivity contribution in [2.24, 2.45) is 0 Å². The van der Waals surface area contributed by atoms with E-state index < -0.39 is 28.3 Å². The molecular formula is C13H17NO6S. The van der Waals surface area contributed by atoms with Gasteiger partial charge in [0.25, 0.3) is 5.91 Å². The molecule has 1 rings (SSSR count). The van der Waals surface area contributed by atoms with Crippen molar-refractivity contribution < 1.29 is 27.9 Å². The fourth-order valence-electron chi connectivity index (χ4n) is 1.44. The first-order valence-corrected chi connectivity index (χ1v) is 8.09. The third-order valence-electron chi connectivity index (χ3n) is 2.60. The number of carboxylic acids is 1. The van der Waals surface area contributed by atoms with E-state index in [0.717, 1.165) is 0 Å². The Morgan fingerprint density at radius 1 is 1.33 bits per heavy atom. The minimum Gasteiger partial charge on any atom is -0.482 e. The summed E-state index contributed by atoms with van der Waals surface area (Å²) in [6, 6.07) is 6.00. The number of hydrogen-bond donors (Lipinski definition) is 2. The van der Waals surface area contributed by atoms with Crippen LogP contribution in [0.5, 0.6) is 5.75 Å². The van der Waals surface area contributed by atoms with Gasteiger partial charge in [0.05, 0.1) is 5.75 Å². The lowest BCUT2D eigenvalue weighted by Gasteiger charge is -2.07. The minimum absolute atomic E-state index is 0.0230. The summed E-state index contributed by atoms with van der Waals surface area (Å²) in [6.07, 6.45) is 0. The summed E-state index contributed by atoms with van der Waals surface area (Å²) in [4.78, 5) is 22.2. The molecule has 0 saturated heterocycles. The summed E-state index contributed by atoms with van der Waals surface area (Å²) in [5.74, 6) is -1.39. The van der Waals surface area contributed by atoms with Crippen LogP contribution < -0.4 is 10.1 Å². The van der Waals surface area contributed by atoms with Gasteiger partial charge in [0.15, 0.2) is 16.4 Å². The van der Waals surface area contributed by atoms with Crippen LogP contribution in [-0.2, 0) is 14.6 Å². The lowest BCUT2D eigenvalue weighted by Crippen LogP contribution is -2.29. The van der Waals surface area contributed by atoms with Gasteiger partial charge in [-0.25, -0.2) is 13.2 Å². The van der Waals surface area contributed by atoms with Crippen LogP contribution in [0, 0.1) is 0 Å². The van der Waals surface area contributed by atoms with Gasteiger partial charge >= 0.3 is 5.97 Å². The second-order valence-electron chi connectivity index (χ2n) is 4.20. The van der Waals surface area contributed by atoms with E-state index >= 15 is 0 Å². The number of ether oxygens (including phenoxy) is 1. The van der Waals surface area contributed by atoms with Crippen LogP contribution in [0.15, 0.2) is 24.3 Å². The van der Waals surface area contributed by atoms with E-state index in [0.29, 0.717) is 0 Å². The van der Waals surface area contributed by atoms with Crippen molar-refractivity contribution in [1.82, 2.24) is 5.32 Å². The molecule has 0 unspecified atom stereocenters. The molecule has 8 heteroatoms. The lowest BCUT2D eigenvalue weighted by molar-refractivity contribution is -0.139. The summed E-state index contributed by atoms with van der Waals surface area (Å²) in [7, 11) is -3.13. The monoisotopic (exact) mass is 315 g/mol. The average molecular weight is 315 g/mol. The Balaban J connectivity index is 2.58. The predicted molar refractivity (Wildman–Crippen MR) is 76.2 cm³/mol. The maximum absolute atomic E-state index is 11.8. The van der Waals surface area contributed by atoms with Gasteiger partial charge in [0.2, 0.25) is 0 Å². The number of benzene rings is 1. The molecule has 0 fully saturated rings. The summed E-state index contributed by atoms with van der Waals surface area (Å²) in [6.45, 7) is 1.06. The number of amides is 1. The number of aliphatic carboxylic acids is 1. The summed E-state index contributed by atoms with van der Waals surface area (Å²) in [5, 5.41) is 11.0. The highest BCUT2D eigenvalue weighted by molar-refractivity contribution is 7.91. The Morgan fingerprint density at radius 3 is 2.67 bits per heavy atom. The third-order valence-corrected chi connectivity index (χ3v) is 4.30. The fraction of sp³-hybridized carbons (Fsp3) is 0.385. The van der Waals surface area contributed by atoms with Gasteiger partial charge in [-0.15, -0.1) is 0 Å². The largest absolute Gasteiger partial charge is 0.482 e. The number of rotatable bonds is 8. The van der Waals surface area contributed by atoms with Crippen molar-refractivity contribution in [3.63, 3.8) is 0 Å². The molecule has 2 N–H and O–H groups in total. The Morgan fingerprint density at radius 2 is 2.05 bits per heavy atom. The molecule has 21 heavy (non-hydrogen) atoms. The molecule has 0 aromatic heterocycles. The van der Waals surface area contributed by atoms with Crippen LogP contribution in [-0.4, -0.2) is 50.1 Å². The number of carboxylic acid groups (broad SMARTS) is 1. The molecule has 0 heterocycles. The van der Waals surface area contributed by atoms with Crippen molar-refractivity contribution in [3.8, 4) is 5.75 Å². The molecular weight excluding hydrogens is 298 g/mol. The minimum atomic E-state index is -3.13. The highest BCUT2D eigenvalue weighted by atomic mass is 32.2. The van der Waals surface area contributed by atoms with Gasteiger partial charge in [0, 0.05) is 17.9 Å². The molecule has 7 nitrogen and oxygen atoms in total. The van der Waals surface area contributed by atoms with Crippen molar-refractivity contribution in [3.05, 3.63) is 29.8 Å². The molecule has 1 aromatic carbocycles. The van der Waals surface area contributed by atoms with Crippen molar-refractivity contribution in [2.75, 3.05) is 24.7 Å². The van der Waals surface area contributed by atoms with E-state index in [1.807, 2.05) is 0 Å². The van der Waals surface area contributed by atoms with Crippen molar-refractivity contribution >= 4 is 21.7 Å². The molecule has 1 aromatic rings. The summed E-state index contributed by atoms with van der Waals surface area (Å²) in [5.41, 5.74) is 0.270. The van der Waals surface area contributed by atoms with Crippen LogP contribution in [0.3, 0.4) is 0 Å². The number of carbonyl (C=O) groups is 2. The molecule has 0 aliphatic carbocycles. The maximum Gasteiger partial charge on any atom is 0.341 e. The Hall–Kier alpha value is -2.09. The number of nitrogens with one attached hydrogen (secondary N) is 1. The van der Waals surface area contributed by atoms with Gasteiger partial charge < -0.3 is 15.2 Å². The molecule has 1 amide bonds. The Kier molecular flexibility index (Phi) is 6.16. The Labute approximate surface area is 122 Å². The zero-order valence-electron chi connectivity index (χ0n) is 11.5. The number of sulfone groups is 1. The number of hydrogen-bond acceptors (Lipinski definition) is 5. The molecule has 0 aliphatic rings. The van der Waals surface area contributed by atoms with E-state index in [1.54, 1.807) is 13.0 Å². The van der Waals surface area contributed by atoms with E-state index in [2.05, 4.69) is 5.32 Å². The average Bonchev–Trinajstić information content (AvgIpc) is 2.45. The van der Waals surface area contributed by atoms with Crippen molar-refractivity contribution in [1.29, 1.82) is 0 Å².